The number of hydrogen-bond acceptors (Lipinski definition) is 3. The van der Waals surface area contributed by atoms with Crippen molar-refractivity contribution in [2.24, 2.45) is 0 Å². The molecular weight excluding hydrogens is 209 g/mol. The summed E-state index contributed by atoms with van der Waals surface area (Å²) < 4.78 is 5.72. The lowest BCUT2D eigenvalue weighted by Gasteiger charge is -2.39. The van der Waals surface area contributed by atoms with Gasteiger partial charge in [0.1, 0.15) is 0 Å². The molecule has 2 unspecified atom stereocenters. The van der Waals surface area contributed by atoms with E-state index in [-0.39, 0.29) is 11.3 Å². The monoisotopic (exact) mass is 235 g/mol. The lowest BCUT2D eigenvalue weighted by molar-refractivity contribution is -0.168. The van der Waals surface area contributed by atoms with E-state index in [9.17, 15) is 5.21 Å². The molecule has 0 aromatic heterocycles. The molecule has 0 aliphatic rings. The third-order valence-corrected chi connectivity index (χ3v) is 4.74. The quantitative estimate of drug-likeness (QED) is 0.563. The van der Waals surface area contributed by atoms with Crippen molar-refractivity contribution in [2.75, 3.05) is 12.8 Å². The van der Waals surface area contributed by atoms with Gasteiger partial charge in [-0.2, -0.15) is 5.06 Å². The van der Waals surface area contributed by atoms with E-state index >= 15 is 0 Å². The van der Waals surface area contributed by atoms with E-state index < -0.39 is 8.15 Å². The standard InChI is InChI=1S/C11H26NO2P/c1-7-10(12(13)11(4,5)6)15(9-3)14-8-2/h10,13H,7-9H2,1-6H3. The molecule has 0 bridgehead atoms. The molecule has 0 amide bonds. The normalized spacial score (nSPS) is 16.8. The van der Waals surface area contributed by atoms with E-state index in [1.54, 1.807) is 0 Å². The molecule has 0 radical (unpaired) electrons. The van der Waals surface area contributed by atoms with Crippen LogP contribution in [0.25, 0.3) is 0 Å². The molecule has 3 nitrogen and oxygen atoms in total. The second kappa shape index (κ2) is 6.80. The van der Waals surface area contributed by atoms with Crippen LogP contribution in [0, 0.1) is 0 Å². The second-order valence-electron chi connectivity index (χ2n) is 4.56. The summed E-state index contributed by atoms with van der Waals surface area (Å²) in [5.74, 6) is 0.143. The Kier molecular flexibility index (Phi) is 6.94. The molecule has 92 valence electrons. The molecule has 15 heavy (non-hydrogen) atoms. The molecule has 0 aromatic carbocycles. The van der Waals surface area contributed by atoms with Crippen molar-refractivity contribution < 1.29 is 9.73 Å². The zero-order valence-electron chi connectivity index (χ0n) is 10.9. The maximum Gasteiger partial charge on any atom is 0.0794 e. The first kappa shape index (κ1) is 15.3. The largest absolute Gasteiger partial charge is 0.358 e. The lowest BCUT2D eigenvalue weighted by atomic mass is 10.1. The Morgan fingerprint density at radius 1 is 1.27 bits per heavy atom. The summed E-state index contributed by atoms with van der Waals surface area (Å²) in [4.78, 5) is 0. The molecule has 1 N–H and O–H groups in total. The Morgan fingerprint density at radius 3 is 2.07 bits per heavy atom. The number of nitrogens with zero attached hydrogens (tertiary/aromatic N) is 1. The van der Waals surface area contributed by atoms with Crippen LogP contribution >= 0.6 is 8.15 Å². The second-order valence-corrected chi connectivity index (χ2v) is 6.88. The van der Waals surface area contributed by atoms with Gasteiger partial charge < -0.3 is 9.73 Å². The van der Waals surface area contributed by atoms with E-state index in [0.29, 0.717) is 0 Å². The van der Waals surface area contributed by atoms with Gasteiger partial charge in [-0.05, 0) is 40.3 Å². The van der Waals surface area contributed by atoms with Gasteiger partial charge in [-0.25, -0.2) is 0 Å². The van der Waals surface area contributed by atoms with Crippen molar-refractivity contribution in [2.45, 2.75) is 59.3 Å². The molecule has 0 aliphatic heterocycles. The van der Waals surface area contributed by atoms with Crippen LogP contribution in [-0.4, -0.2) is 34.4 Å². The first-order valence-electron chi connectivity index (χ1n) is 5.76. The molecule has 0 spiro atoms. The van der Waals surface area contributed by atoms with Crippen LogP contribution in [0.4, 0.5) is 0 Å². The summed E-state index contributed by atoms with van der Waals surface area (Å²) in [6.07, 6.45) is 1.92. The van der Waals surface area contributed by atoms with Crippen molar-refractivity contribution in [3.63, 3.8) is 0 Å². The van der Waals surface area contributed by atoms with Crippen molar-refractivity contribution in [3.8, 4) is 0 Å². The highest BCUT2D eigenvalue weighted by Crippen LogP contribution is 2.46. The highest BCUT2D eigenvalue weighted by Gasteiger charge is 2.32. The van der Waals surface area contributed by atoms with Crippen molar-refractivity contribution in [1.29, 1.82) is 0 Å². The van der Waals surface area contributed by atoms with Crippen LogP contribution in [0.5, 0.6) is 0 Å². The third-order valence-electron chi connectivity index (χ3n) is 2.27. The maximum atomic E-state index is 10.1. The van der Waals surface area contributed by atoms with E-state index in [2.05, 4.69) is 13.8 Å². The summed E-state index contributed by atoms with van der Waals surface area (Å²) in [5.41, 5.74) is -0.215. The van der Waals surface area contributed by atoms with Gasteiger partial charge in [-0.15, -0.1) is 0 Å². The molecule has 0 heterocycles. The Bertz CT molecular complexity index is 170. The van der Waals surface area contributed by atoms with Crippen molar-refractivity contribution in [1.82, 2.24) is 5.06 Å². The lowest BCUT2D eigenvalue weighted by Crippen LogP contribution is -2.45. The SMILES string of the molecule is CCOP(CC)C(CC)N(O)C(C)(C)C. The zero-order valence-corrected chi connectivity index (χ0v) is 11.8. The fourth-order valence-electron chi connectivity index (χ4n) is 1.50. The molecule has 0 saturated carbocycles. The van der Waals surface area contributed by atoms with Gasteiger partial charge in [-0.1, -0.05) is 13.8 Å². The smallest absolute Gasteiger partial charge is 0.0794 e. The van der Waals surface area contributed by atoms with E-state index in [0.717, 1.165) is 19.2 Å². The molecule has 0 fully saturated rings. The van der Waals surface area contributed by atoms with Crippen LogP contribution in [-0.2, 0) is 4.52 Å². The summed E-state index contributed by atoms with van der Waals surface area (Å²) in [7, 11) is -0.550. The van der Waals surface area contributed by atoms with Gasteiger partial charge in [0.25, 0.3) is 0 Å². The fraction of sp³-hybridized carbons (Fsp3) is 1.00. The van der Waals surface area contributed by atoms with Gasteiger partial charge >= 0.3 is 0 Å². The average Bonchev–Trinajstić information content (AvgIpc) is 2.15. The molecule has 0 aliphatic carbocycles. The molecule has 0 aromatic rings. The number of rotatable bonds is 6. The van der Waals surface area contributed by atoms with Crippen molar-refractivity contribution >= 4 is 8.15 Å². The van der Waals surface area contributed by atoms with Crippen LogP contribution in [0.3, 0.4) is 0 Å². The fourth-order valence-corrected chi connectivity index (χ4v) is 3.60. The average molecular weight is 235 g/mol. The Morgan fingerprint density at radius 2 is 1.80 bits per heavy atom. The Balaban J connectivity index is 4.57. The Hall–Kier alpha value is 0.310. The minimum atomic E-state index is -0.550. The van der Waals surface area contributed by atoms with E-state index in [1.165, 1.54) is 5.06 Å². The van der Waals surface area contributed by atoms with Crippen LogP contribution < -0.4 is 0 Å². The molecule has 0 saturated heterocycles. The highest BCUT2D eigenvalue weighted by atomic mass is 31.1. The van der Waals surface area contributed by atoms with Crippen LogP contribution in [0.1, 0.15) is 48.0 Å². The summed E-state index contributed by atoms with van der Waals surface area (Å²) >= 11 is 0. The molecular formula is C11H26NO2P. The van der Waals surface area contributed by atoms with E-state index in [1.807, 2.05) is 27.7 Å². The molecule has 0 rings (SSSR count). The van der Waals surface area contributed by atoms with Crippen LogP contribution in [0.2, 0.25) is 0 Å². The van der Waals surface area contributed by atoms with Gasteiger partial charge in [0.05, 0.1) is 5.78 Å². The molecule has 4 heteroatoms. The van der Waals surface area contributed by atoms with Gasteiger partial charge in [-0.3, -0.25) is 0 Å². The van der Waals surface area contributed by atoms with Gasteiger partial charge in [0.2, 0.25) is 0 Å². The number of hydroxylamine groups is 2. The summed E-state index contributed by atoms with van der Waals surface area (Å²) in [6, 6.07) is 0. The third kappa shape index (κ3) is 4.78. The van der Waals surface area contributed by atoms with Crippen LogP contribution in [0.15, 0.2) is 0 Å². The first-order valence-corrected chi connectivity index (χ1v) is 7.27. The maximum absolute atomic E-state index is 10.1. The summed E-state index contributed by atoms with van der Waals surface area (Å²) in [6.45, 7) is 13.0. The topological polar surface area (TPSA) is 32.7 Å². The predicted molar refractivity (Wildman–Crippen MR) is 66.5 cm³/mol. The molecule has 2 atom stereocenters. The highest BCUT2D eigenvalue weighted by molar-refractivity contribution is 7.53. The summed E-state index contributed by atoms with van der Waals surface area (Å²) in [5, 5.41) is 11.6. The minimum absolute atomic E-state index is 0.143. The van der Waals surface area contributed by atoms with Gasteiger partial charge in [0, 0.05) is 20.3 Å². The van der Waals surface area contributed by atoms with Gasteiger partial charge in [0.15, 0.2) is 0 Å². The number of hydrogen-bond donors (Lipinski definition) is 1. The minimum Gasteiger partial charge on any atom is -0.358 e. The predicted octanol–water partition coefficient (Wildman–Crippen LogP) is 3.67. The first-order chi connectivity index (χ1) is 6.88. The van der Waals surface area contributed by atoms with Crippen molar-refractivity contribution in [3.05, 3.63) is 0 Å². The zero-order chi connectivity index (χ0) is 12.1. The Labute approximate surface area is 95.6 Å². The van der Waals surface area contributed by atoms with E-state index in [4.69, 9.17) is 4.52 Å².